The molecule has 2 aromatic rings. The fourth-order valence-electron chi connectivity index (χ4n) is 1.99. The topological polar surface area (TPSA) is 64.9 Å². The van der Waals surface area contributed by atoms with Gasteiger partial charge >= 0.3 is 0 Å². The fraction of sp³-hybridized carbons (Fsp3) is 0.467. The molecule has 0 saturated carbocycles. The van der Waals surface area contributed by atoms with Crippen molar-refractivity contribution in [1.29, 1.82) is 0 Å². The minimum absolute atomic E-state index is 0. The maximum Gasteiger partial charge on any atom is 0.240 e. The molecule has 2 rings (SSSR count). The summed E-state index contributed by atoms with van der Waals surface area (Å²) >= 11 is 1.84. The van der Waals surface area contributed by atoms with E-state index in [1.54, 1.807) is 0 Å². The van der Waals surface area contributed by atoms with Crippen LogP contribution in [-0.2, 0) is 6.54 Å². The van der Waals surface area contributed by atoms with Crippen molar-refractivity contribution in [2.75, 3.05) is 5.75 Å². The van der Waals surface area contributed by atoms with Gasteiger partial charge in [-0.15, -0.1) is 24.2 Å². The Morgan fingerprint density at radius 1 is 1.24 bits per heavy atom. The number of hydrogen-bond acceptors (Lipinski definition) is 5. The number of rotatable bonds is 6. The Kier molecular flexibility index (Phi) is 7.22. The SMILES string of the molecule is CCSC(c1nc(-c2ccc(CN)cc2)no1)C(C)C.Cl. The molecule has 2 N–H and O–H groups in total. The van der Waals surface area contributed by atoms with E-state index in [1.165, 1.54) is 0 Å². The van der Waals surface area contributed by atoms with Crippen molar-refractivity contribution < 1.29 is 4.52 Å². The minimum Gasteiger partial charge on any atom is -0.338 e. The Balaban J connectivity index is 0.00000220. The molecule has 0 aliphatic rings. The lowest BCUT2D eigenvalue weighted by Gasteiger charge is -2.14. The van der Waals surface area contributed by atoms with Crippen molar-refractivity contribution >= 4 is 24.2 Å². The lowest BCUT2D eigenvalue weighted by atomic mass is 10.1. The molecular formula is C15H22ClN3OS. The quantitative estimate of drug-likeness (QED) is 0.866. The summed E-state index contributed by atoms with van der Waals surface area (Å²) in [7, 11) is 0. The van der Waals surface area contributed by atoms with E-state index in [9.17, 15) is 0 Å². The highest BCUT2D eigenvalue weighted by molar-refractivity contribution is 7.99. The Morgan fingerprint density at radius 2 is 1.90 bits per heavy atom. The number of thioether (sulfide) groups is 1. The molecule has 0 spiro atoms. The molecule has 1 aromatic carbocycles. The number of aromatic nitrogens is 2. The Labute approximate surface area is 136 Å². The van der Waals surface area contributed by atoms with Gasteiger partial charge in [0.2, 0.25) is 11.7 Å². The lowest BCUT2D eigenvalue weighted by molar-refractivity contribution is 0.360. The smallest absolute Gasteiger partial charge is 0.240 e. The first kappa shape index (κ1) is 18.0. The van der Waals surface area contributed by atoms with E-state index in [0.29, 0.717) is 24.2 Å². The predicted molar refractivity (Wildman–Crippen MR) is 90.6 cm³/mol. The van der Waals surface area contributed by atoms with E-state index in [1.807, 2.05) is 36.0 Å². The monoisotopic (exact) mass is 327 g/mol. The van der Waals surface area contributed by atoms with Crippen LogP contribution in [0.1, 0.15) is 37.5 Å². The molecule has 0 bridgehead atoms. The van der Waals surface area contributed by atoms with Gasteiger partial charge in [0.15, 0.2) is 0 Å². The van der Waals surface area contributed by atoms with Crippen molar-refractivity contribution in [2.24, 2.45) is 11.7 Å². The second-order valence-electron chi connectivity index (χ2n) is 4.98. The summed E-state index contributed by atoms with van der Waals surface area (Å²) in [6, 6.07) is 7.94. The molecule has 0 saturated heterocycles. The van der Waals surface area contributed by atoms with Crippen LogP contribution in [0.25, 0.3) is 11.4 Å². The number of hydrogen-bond donors (Lipinski definition) is 1. The first-order valence-corrected chi connectivity index (χ1v) is 7.95. The van der Waals surface area contributed by atoms with Gasteiger partial charge in [0.05, 0.1) is 5.25 Å². The highest BCUT2D eigenvalue weighted by Crippen LogP contribution is 2.35. The van der Waals surface area contributed by atoms with Crippen LogP contribution in [0.3, 0.4) is 0 Å². The maximum absolute atomic E-state index is 5.60. The maximum atomic E-state index is 5.60. The molecule has 6 heteroatoms. The molecular weight excluding hydrogens is 306 g/mol. The summed E-state index contributed by atoms with van der Waals surface area (Å²) in [5.41, 5.74) is 7.65. The van der Waals surface area contributed by atoms with Crippen LogP contribution in [0.15, 0.2) is 28.8 Å². The van der Waals surface area contributed by atoms with Crippen molar-refractivity contribution in [1.82, 2.24) is 10.1 Å². The zero-order valence-electron chi connectivity index (χ0n) is 12.6. The van der Waals surface area contributed by atoms with Crippen molar-refractivity contribution in [2.45, 2.75) is 32.6 Å². The summed E-state index contributed by atoms with van der Waals surface area (Å²) < 4.78 is 5.44. The molecule has 1 unspecified atom stereocenters. The van der Waals surface area contributed by atoms with Crippen LogP contribution in [0, 0.1) is 5.92 Å². The van der Waals surface area contributed by atoms with Gasteiger partial charge in [-0.2, -0.15) is 4.98 Å². The first-order chi connectivity index (χ1) is 9.65. The minimum atomic E-state index is 0. The van der Waals surface area contributed by atoms with Crippen LogP contribution in [0.4, 0.5) is 0 Å². The standard InChI is InChI=1S/C15H21N3OS.ClH/c1-4-20-13(10(2)3)15-17-14(18-19-15)12-7-5-11(9-16)6-8-12;/h5-8,10,13H,4,9,16H2,1-3H3;1H. The second-order valence-corrected chi connectivity index (χ2v) is 6.40. The molecule has 0 radical (unpaired) electrons. The van der Waals surface area contributed by atoms with E-state index in [0.717, 1.165) is 16.9 Å². The molecule has 4 nitrogen and oxygen atoms in total. The van der Waals surface area contributed by atoms with Gasteiger partial charge < -0.3 is 10.3 Å². The van der Waals surface area contributed by atoms with E-state index < -0.39 is 0 Å². The van der Waals surface area contributed by atoms with E-state index >= 15 is 0 Å². The third-order valence-corrected chi connectivity index (χ3v) is 4.52. The zero-order valence-corrected chi connectivity index (χ0v) is 14.2. The third kappa shape index (κ3) is 4.46. The van der Waals surface area contributed by atoms with E-state index in [4.69, 9.17) is 10.3 Å². The summed E-state index contributed by atoms with van der Waals surface area (Å²) in [6.07, 6.45) is 0. The van der Waals surface area contributed by atoms with Crippen molar-refractivity contribution in [3.05, 3.63) is 35.7 Å². The number of benzene rings is 1. The van der Waals surface area contributed by atoms with Gasteiger partial charge in [-0.05, 0) is 17.2 Å². The van der Waals surface area contributed by atoms with E-state index in [-0.39, 0.29) is 17.7 Å². The van der Waals surface area contributed by atoms with Gasteiger partial charge in [-0.1, -0.05) is 50.2 Å². The van der Waals surface area contributed by atoms with Crippen LogP contribution in [0.2, 0.25) is 0 Å². The largest absolute Gasteiger partial charge is 0.338 e. The van der Waals surface area contributed by atoms with Gasteiger partial charge in [0, 0.05) is 12.1 Å². The van der Waals surface area contributed by atoms with Crippen LogP contribution >= 0.6 is 24.2 Å². The van der Waals surface area contributed by atoms with Gasteiger partial charge in [-0.3, -0.25) is 0 Å². The Bertz CT molecular complexity index is 542. The molecule has 116 valence electrons. The number of nitrogens with zero attached hydrogens (tertiary/aromatic N) is 2. The van der Waals surface area contributed by atoms with E-state index in [2.05, 4.69) is 30.9 Å². The molecule has 0 aliphatic carbocycles. The lowest BCUT2D eigenvalue weighted by Crippen LogP contribution is -2.03. The van der Waals surface area contributed by atoms with Crippen LogP contribution < -0.4 is 5.73 Å². The summed E-state index contributed by atoms with van der Waals surface area (Å²) in [5.74, 6) is 2.86. The van der Waals surface area contributed by atoms with Gasteiger partial charge in [0.1, 0.15) is 0 Å². The van der Waals surface area contributed by atoms with Crippen molar-refractivity contribution in [3.8, 4) is 11.4 Å². The van der Waals surface area contributed by atoms with Gasteiger partial charge in [-0.25, -0.2) is 0 Å². The summed E-state index contributed by atoms with van der Waals surface area (Å²) in [4.78, 5) is 4.55. The highest BCUT2D eigenvalue weighted by atomic mass is 35.5. The average molecular weight is 328 g/mol. The van der Waals surface area contributed by atoms with Crippen molar-refractivity contribution in [3.63, 3.8) is 0 Å². The normalized spacial score (nSPS) is 12.2. The molecule has 0 fully saturated rings. The highest BCUT2D eigenvalue weighted by Gasteiger charge is 2.22. The Hall–Kier alpha value is -1.04. The third-order valence-electron chi connectivity index (χ3n) is 3.08. The molecule has 1 atom stereocenters. The molecule has 1 aromatic heterocycles. The van der Waals surface area contributed by atoms with Crippen LogP contribution in [-0.4, -0.2) is 15.9 Å². The second kappa shape index (κ2) is 8.41. The van der Waals surface area contributed by atoms with Gasteiger partial charge in [0.25, 0.3) is 0 Å². The predicted octanol–water partition coefficient (Wildman–Crippen LogP) is 4.07. The van der Waals surface area contributed by atoms with Crippen LogP contribution in [0.5, 0.6) is 0 Å². The molecule has 1 heterocycles. The zero-order chi connectivity index (χ0) is 14.5. The Morgan fingerprint density at radius 3 is 2.43 bits per heavy atom. The number of halogens is 1. The summed E-state index contributed by atoms with van der Waals surface area (Å²) in [5, 5.41) is 4.35. The fourth-order valence-corrected chi connectivity index (χ4v) is 2.97. The molecule has 0 amide bonds. The average Bonchev–Trinajstić information content (AvgIpc) is 2.94. The number of nitrogens with two attached hydrogens (primary N) is 1. The molecule has 0 aliphatic heterocycles. The molecule has 21 heavy (non-hydrogen) atoms. The first-order valence-electron chi connectivity index (χ1n) is 6.90. The summed E-state index contributed by atoms with van der Waals surface area (Å²) in [6.45, 7) is 7.03.